The maximum absolute atomic E-state index is 12.1. The van der Waals surface area contributed by atoms with E-state index in [9.17, 15) is 4.79 Å². The molecule has 0 unspecified atom stereocenters. The van der Waals surface area contributed by atoms with E-state index in [1.165, 1.54) is 31.2 Å². The van der Waals surface area contributed by atoms with Crippen molar-refractivity contribution in [3.8, 4) is 0 Å². The molecule has 0 saturated heterocycles. The number of rotatable bonds is 6. The molecular formula is C20H23NO2. The van der Waals surface area contributed by atoms with E-state index in [4.69, 9.17) is 4.74 Å². The Balaban J connectivity index is 1.48. The van der Waals surface area contributed by atoms with Gasteiger partial charge in [-0.05, 0) is 36.1 Å². The van der Waals surface area contributed by atoms with Gasteiger partial charge in [-0.1, -0.05) is 55.3 Å². The van der Waals surface area contributed by atoms with Gasteiger partial charge in [0.2, 0.25) is 0 Å². The third-order valence-electron chi connectivity index (χ3n) is 4.35. The standard InChI is InChI=1S/C20H23NO2/c22-20(23-15-17-6-2-1-3-7-17)18-12-10-16(11-13-18)14-21-19-8-4-5-9-19/h1-3,6-7,10-13,19,21H,4-5,8-9,14-15H2. The third kappa shape index (κ3) is 4.67. The van der Waals surface area contributed by atoms with Crippen molar-refractivity contribution in [1.82, 2.24) is 5.32 Å². The minimum atomic E-state index is -0.274. The molecule has 0 aromatic heterocycles. The van der Waals surface area contributed by atoms with Crippen LogP contribution in [-0.4, -0.2) is 12.0 Å². The minimum absolute atomic E-state index is 0.274. The lowest BCUT2D eigenvalue weighted by Gasteiger charge is -2.12. The summed E-state index contributed by atoms with van der Waals surface area (Å²) in [6.07, 6.45) is 5.24. The van der Waals surface area contributed by atoms with E-state index in [1.54, 1.807) is 0 Å². The molecule has 2 aromatic rings. The molecule has 1 N–H and O–H groups in total. The normalized spacial score (nSPS) is 14.8. The topological polar surface area (TPSA) is 38.3 Å². The lowest BCUT2D eigenvalue weighted by Crippen LogP contribution is -2.25. The fourth-order valence-electron chi connectivity index (χ4n) is 2.96. The van der Waals surface area contributed by atoms with Crippen LogP contribution in [0.4, 0.5) is 0 Å². The van der Waals surface area contributed by atoms with Crippen LogP contribution in [0, 0.1) is 0 Å². The van der Waals surface area contributed by atoms with Gasteiger partial charge in [0.15, 0.2) is 0 Å². The Morgan fingerprint density at radius 3 is 2.35 bits per heavy atom. The first-order chi connectivity index (χ1) is 11.3. The van der Waals surface area contributed by atoms with E-state index in [0.29, 0.717) is 18.2 Å². The fourth-order valence-corrected chi connectivity index (χ4v) is 2.96. The average Bonchev–Trinajstić information content (AvgIpc) is 3.13. The monoisotopic (exact) mass is 309 g/mol. The first-order valence-corrected chi connectivity index (χ1v) is 8.34. The molecule has 1 aliphatic rings. The molecule has 23 heavy (non-hydrogen) atoms. The van der Waals surface area contributed by atoms with Crippen molar-refractivity contribution in [2.45, 2.75) is 44.9 Å². The van der Waals surface area contributed by atoms with Gasteiger partial charge in [-0.15, -0.1) is 0 Å². The van der Waals surface area contributed by atoms with Gasteiger partial charge in [-0.25, -0.2) is 4.79 Å². The van der Waals surface area contributed by atoms with Crippen LogP contribution in [0.5, 0.6) is 0 Å². The SMILES string of the molecule is O=C(OCc1ccccc1)c1ccc(CNC2CCCC2)cc1. The zero-order valence-corrected chi connectivity index (χ0v) is 13.3. The van der Waals surface area contributed by atoms with Crippen molar-refractivity contribution < 1.29 is 9.53 Å². The van der Waals surface area contributed by atoms with Crippen molar-refractivity contribution in [3.63, 3.8) is 0 Å². The van der Waals surface area contributed by atoms with Gasteiger partial charge >= 0.3 is 5.97 Å². The third-order valence-corrected chi connectivity index (χ3v) is 4.35. The first-order valence-electron chi connectivity index (χ1n) is 8.34. The summed E-state index contributed by atoms with van der Waals surface area (Å²) in [4.78, 5) is 12.1. The van der Waals surface area contributed by atoms with Crippen LogP contribution in [0.1, 0.15) is 47.2 Å². The second kappa shape index (κ2) is 7.93. The zero-order valence-electron chi connectivity index (χ0n) is 13.3. The summed E-state index contributed by atoms with van der Waals surface area (Å²) in [6, 6.07) is 18.1. The molecule has 1 fully saturated rings. The van der Waals surface area contributed by atoms with Crippen molar-refractivity contribution in [2.75, 3.05) is 0 Å². The lowest BCUT2D eigenvalue weighted by atomic mass is 10.1. The van der Waals surface area contributed by atoms with Gasteiger partial charge in [0.05, 0.1) is 5.56 Å². The maximum Gasteiger partial charge on any atom is 0.338 e. The summed E-state index contributed by atoms with van der Waals surface area (Å²) in [5.41, 5.74) is 2.81. The zero-order chi connectivity index (χ0) is 15.9. The van der Waals surface area contributed by atoms with E-state index >= 15 is 0 Å². The highest BCUT2D eigenvalue weighted by atomic mass is 16.5. The van der Waals surface area contributed by atoms with Gasteiger partial charge in [0, 0.05) is 12.6 Å². The Labute approximate surface area is 137 Å². The van der Waals surface area contributed by atoms with Gasteiger partial charge in [0.1, 0.15) is 6.61 Å². The highest BCUT2D eigenvalue weighted by molar-refractivity contribution is 5.89. The van der Waals surface area contributed by atoms with Crippen LogP contribution in [0.2, 0.25) is 0 Å². The highest BCUT2D eigenvalue weighted by Gasteiger charge is 2.14. The highest BCUT2D eigenvalue weighted by Crippen LogP contribution is 2.18. The quantitative estimate of drug-likeness (QED) is 0.817. The Bertz CT molecular complexity index is 616. The summed E-state index contributed by atoms with van der Waals surface area (Å²) in [5, 5.41) is 3.58. The number of ether oxygens (including phenoxy) is 1. The lowest BCUT2D eigenvalue weighted by molar-refractivity contribution is 0.0472. The predicted molar refractivity (Wildman–Crippen MR) is 91.1 cm³/mol. The van der Waals surface area contributed by atoms with Crippen LogP contribution in [0.15, 0.2) is 54.6 Å². The van der Waals surface area contributed by atoms with Crippen molar-refractivity contribution >= 4 is 5.97 Å². The van der Waals surface area contributed by atoms with Crippen LogP contribution < -0.4 is 5.32 Å². The predicted octanol–water partition coefficient (Wildman–Crippen LogP) is 4.08. The molecule has 0 heterocycles. The molecule has 2 aromatic carbocycles. The van der Waals surface area contributed by atoms with Crippen LogP contribution in [0.3, 0.4) is 0 Å². The number of hydrogen-bond donors (Lipinski definition) is 1. The summed E-state index contributed by atoms with van der Waals surface area (Å²) >= 11 is 0. The molecular weight excluding hydrogens is 286 g/mol. The van der Waals surface area contributed by atoms with Crippen LogP contribution in [-0.2, 0) is 17.9 Å². The van der Waals surface area contributed by atoms with Gasteiger partial charge in [-0.2, -0.15) is 0 Å². The van der Waals surface area contributed by atoms with Gasteiger partial charge in [0.25, 0.3) is 0 Å². The molecule has 120 valence electrons. The van der Waals surface area contributed by atoms with E-state index < -0.39 is 0 Å². The van der Waals surface area contributed by atoms with Crippen LogP contribution >= 0.6 is 0 Å². The average molecular weight is 309 g/mol. The van der Waals surface area contributed by atoms with Crippen molar-refractivity contribution in [2.24, 2.45) is 0 Å². The number of carbonyl (C=O) groups is 1. The minimum Gasteiger partial charge on any atom is -0.457 e. The van der Waals surface area contributed by atoms with E-state index in [1.807, 2.05) is 54.6 Å². The molecule has 0 aliphatic heterocycles. The van der Waals surface area contributed by atoms with E-state index in [0.717, 1.165) is 12.1 Å². The van der Waals surface area contributed by atoms with Crippen molar-refractivity contribution in [3.05, 3.63) is 71.3 Å². The van der Waals surface area contributed by atoms with Gasteiger partial charge in [-0.3, -0.25) is 0 Å². The molecule has 0 atom stereocenters. The molecule has 3 nitrogen and oxygen atoms in total. The molecule has 3 rings (SSSR count). The number of benzene rings is 2. The maximum atomic E-state index is 12.1. The molecule has 3 heteroatoms. The van der Waals surface area contributed by atoms with Crippen LogP contribution in [0.25, 0.3) is 0 Å². The number of carbonyl (C=O) groups excluding carboxylic acids is 1. The Kier molecular flexibility index (Phi) is 5.43. The molecule has 0 amide bonds. The molecule has 0 radical (unpaired) electrons. The summed E-state index contributed by atoms with van der Waals surface area (Å²) in [6.45, 7) is 1.18. The largest absolute Gasteiger partial charge is 0.457 e. The van der Waals surface area contributed by atoms with Crippen molar-refractivity contribution in [1.29, 1.82) is 0 Å². The Morgan fingerprint density at radius 1 is 0.957 bits per heavy atom. The number of esters is 1. The first kappa shape index (κ1) is 15.8. The second-order valence-corrected chi connectivity index (χ2v) is 6.12. The molecule has 1 aliphatic carbocycles. The molecule has 1 saturated carbocycles. The van der Waals surface area contributed by atoms with E-state index in [2.05, 4.69) is 5.32 Å². The Hall–Kier alpha value is -2.13. The molecule has 0 spiro atoms. The second-order valence-electron chi connectivity index (χ2n) is 6.12. The smallest absolute Gasteiger partial charge is 0.338 e. The molecule has 0 bridgehead atoms. The Morgan fingerprint density at radius 2 is 1.65 bits per heavy atom. The fraction of sp³-hybridized carbons (Fsp3) is 0.350. The number of hydrogen-bond acceptors (Lipinski definition) is 3. The van der Waals surface area contributed by atoms with Gasteiger partial charge < -0.3 is 10.1 Å². The summed E-state index contributed by atoms with van der Waals surface area (Å²) < 4.78 is 5.34. The van der Waals surface area contributed by atoms with E-state index in [-0.39, 0.29) is 5.97 Å². The number of nitrogens with one attached hydrogen (secondary N) is 1. The summed E-state index contributed by atoms with van der Waals surface area (Å²) in [5.74, 6) is -0.274. The summed E-state index contributed by atoms with van der Waals surface area (Å²) in [7, 11) is 0.